The topological polar surface area (TPSA) is 45.8 Å². The minimum Gasteiger partial charge on any atom is -0.318 e. The Morgan fingerprint density at radius 3 is 2.35 bits per heavy atom. The van der Waals surface area contributed by atoms with Gasteiger partial charge in [-0.1, -0.05) is 30.3 Å². The zero-order valence-electron chi connectivity index (χ0n) is 14.5. The van der Waals surface area contributed by atoms with E-state index in [2.05, 4.69) is 57.5 Å². The molecule has 2 aromatic carbocycles. The Hall–Kier alpha value is -2.65. The number of allylic oxidation sites excluding steroid dienone is 1. The minimum absolute atomic E-state index is 0.138. The van der Waals surface area contributed by atoms with E-state index in [1.807, 2.05) is 26.0 Å². The summed E-state index contributed by atoms with van der Waals surface area (Å²) >= 11 is 2.28. The Bertz CT molecular complexity index is 1020. The van der Waals surface area contributed by atoms with Gasteiger partial charge in [-0.15, -0.1) is 0 Å². The van der Waals surface area contributed by atoms with Crippen molar-refractivity contribution in [3.63, 3.8) is 0 Å². The summed E-state index contributed by atoms with van der Waals surface area (Å²) in [5, 5.41) is 9.49. The Balaban J connectivity index is 2.03. The number of carbonyl (C=O) groups excluding carboxylic acids is 1. The smallest absolute Gasteiger partial charge is 0.203 e. The van der Waals surface area contributed by atoms with E-state index < -0.39 is 0 Å². The standard InChI is InChI=1S/C22H17IN2O/c1-15-12-18(16(2)25(15)21-10-8-20(23)9-11-21)13-19(14-24)22(26)17-6-4-3-5-7-17/h3-13H,1-2H3/b19-13+. The molecule has 0 N–H and O–H groups in total. The normalized spacial score (nSPS) is 11.2. The lowest BCUT2D eigenvalue weighted by atomic mass is 10.0. The molecule has 0 bridgehead atoms. The van der Waals surface area contributed by atoms with Crippen molar-refractivity contribution in [3.05, 3.63) is 92.3 Å². The molecule has 0 radical (unpaired) electrons. The lowest BCUT2D eigenvalue weighted by molar-refractivity contribution is 0.104. The molecule has 26 heavy (non-hydrogen) atoms. The molecule has 0 aliphatic rings. The van der Waals surface area contributed by atoms with E-state index in [4.69, 9.17) is 0 Å². The highest BCUT2D eigenvalue weighted by Crippen LogP contribution is 2.24. The van der Waals surface area contributed by atoms with Gasteiger partial charge in [0.25, 0.3) is 0 Å². The first kappa shape index (κ1) is 18.2. The van der Waals surface area contributed by atoms with Crippen molar-refractivity contribution in [2.24, 2.45) is 0 Å². The third-order valence-corrected chi connectivity index (χ3v) is 4.98. The molecule has 0 saturated carbocycles. The fourth-order valence-electron chi connectivity index (χ4n) is 2.97. The summed E-state index contributed by atoms with van der Waals surface area (Å²) in [5.74, 6) is -0.257. The largest absolute Gasteiger partial charge is 0.318 e. The number of rotatable bonds is 4. The van der Waals surface area contributed by atoms with E-state index in [0.717, 1.165) is 22.6 Å². The van der Waals surface area contributed by atoms with Gasteiger partial charge in [0, 0.05) is 26.2 Å². The van der Waals surface area contributed by atoms with Gasteiger partial charge in [-0.2, -0.15) is 5.26 Å². The molecule has 0 amide bonds. The summed E-state index contributed by atoms with van der Waals surface area (Å²) in [5.41, 5.74) is 4.65. The maximum absolute atomic E-state index is 12.6. The van der Waals surface area contributed by atoms with Gasteiger partial charge in [0.2, 0.25) is 5.78 Å². The van der Waals surface area contributed by atoms with Crippen molar-refractivity contribution in [2.75, 3.05) is 0 Å². The number of ketones is 1. The predicted molar refractivity (Wildman–Crippen MR) is 112 cm³/mol. The van der Waals surface area contributed by atoms with E-state index >= 15 is 0 Å². The summed E-state index contributed by atoms with van der Waals surface area (Å²) in [6.45, 7) is 4.02. The van der Waals surface area contributed by atoms with Crippen LogP contribution >= 0.6 is 22.6 Å². The third-order valence-electron chi connectivity index (χ3n) is 4.26. The molecule has 3 nitrogen and oxygen atoms in total. The van der Waals surface area contributed by atoms with E-state index in [9.17, 15) is 10.1 Å². The van der Waals surface area contributed by atoms with Crippen LogP contribution in [0.15, 0.2) is 66.2 Å². The molecule has 0 saturated heterocycles. The fourth-order valence-corrected chi connectivity index (χ4v) is 3.33. The van der Waals surface area contributed by atoms with Crippen LogP contribution in [0.5, 0.6) is 0 Å². The lowest BCUT2D eigenvalue weighted by Crippen LogP contribution is -2.02. The average molecular weight is 452 g/mol. The molecule has 0 fully saturated rings. The molecule has 0 atom stereocenters. The zero-order valence-corrected chi connectivity index (χ0v) is 16.7. The highest BCUT2D eigenvalue weighted by atomic mass is 127. The van der Waals surface area contributed by atoms with Crippen LogP contribution in [0.1, 0.15) is 27.3 Å². The van der Waals surface area contributed by atoms with Crippen LogP contribution in [0.4, 0.5) is 0 Å². The number of halogens is 1. The molecule has 3 rings (SSSR count). The van der Waals surface area contributed by atoms with Gasteiger partial charge in [-0.3, -0.25) is 4.79 Å². The van der Waals surface area contributed by atoms with Crippen LogP contribution in [0.3, 0.4) is 0 Å². The highest BCUT2D eigenvalue weighted by Gasteiger charge is 2.15. The number of hydrogen-bond donors (Lipinski definition) is 0. The van der Waals surface area contributed by atoms with Gasteiger partial charge in [0.1, 0.15) is 11.6 Å². The van der Waals surface area contributed by atoms with Crippen molar-refractivity contribution in [1.29, 1.82) is 5.26 Å². The van der Waals surface area contributed by atoms with Crippen molar-refractivity contribution in [3.8, 4) is 11.8 Å². The monoisotopic (exact) mass is 452 g/mol. The van der Waals surface area contributed by atoms with Gasteiger partial charge in [0.15, 0.2) is 0 Å². The van der Waals surface area contributed by atoms with Crippen LogP contribution in [-0.2, 0) is 0 Å². The highest BCUT2D eigenvalue weighted by molar-refractivity contribution is 14.1. The number of carbonyl (C=O) groups is 1. The van der Waals surface area contributed by atoms with Crippen molar-refractivity contribution in [1.82, 2.24) is 4.57 Å². The van der Waals surface area contributed by atoms with Gasteiger partial charge >= 0.3 is 0 Å². The number of aryl methyl sites for hydroxylation is 1. The van der Waals surface area contributed by atoms with Gasteiger partial charge in [-0.05, 0) is 78.4 Å². The van der Waals surface area contributed by atoms with Gasteiger partial charge in [0.05, 0.1) is 0 Å². The number of hydrogen-bond acceptors (Lipinski definition) is 2. The second-order valence-electron chi connectivity index (χ2n) is 6.00. The van der Waals surface area contributed by atoms with Crippen LogP contribution in [0.25, 0.3) is 11.8 Å². The van der Waals surface area contributed by atoms with Crippen molar-refractivity contribution >= 4 is 34.5 Å². The fraction of sp³-hybridized carbons (Fsp3) is 0.0909. The van der Waals surface area contributed by atoms with E-state index in [-0.39, 0.29) is 11.4 Å². The number of benzene rings is 2. The molecule has 0 unspecified atom stereocenters. The molecular formula is C22H17IN2O. The third kappa shape index (κ3) is 3.63. The summed E-state index contributed by atoms with van der Waals surface area (Å²) in [7, 11) is 0. The van der Waals surface area contributed by atoms with Gasteiger partial charge in [-0.25, -0.2) is 0 Å². The summed E-state index contributed by atoms with van der Waals surface area (Å²) in [6, 6.07) is 21.2. The van der Waals surface area contributed by atoms with E-state index in [1.54, 1.807) is 30.3 Å². The first-order valence-corrected chi connectivity index (χ1v) is 9.25. The molecule has 0 aliphatic carbocycles. The Labute approximate surface area is 166 Å². The molecule has 1 aromatic heterocycles. The van der Waals surface area contributed by atoms with Crippen LogP contribution in [-0.4, -0.2) is 10.4 Å². The van der Waals surface area contributed by atoms with Crippen molar-refractivity contribution < 1.29 is 4.79 Å². The number of Topliss-reactive ketones (excluding diaryl/α,β-unsaturated/α-hetero) is 1. The van der Waals surface area contributed by atoms with Crippen LogP contribution in [0, 0.1) is 28.7 Å². The maximum atomic E-state index is 12.6. The molecule has 0 aliphatic heterocycles. The Kier molecular flexibility index (Phi) is 5.38. The molecule has 4 heteroatoms. The zero-order chi connectivity index (χ0) is 18.7. The predicted octanol–water partition coefficient (Wildman–Crippen LogP) is 5.49. The second kappa shape index (κ2) is 7.71. The summed E-state index contributed by atoms with van der Waals surface area (Å²) in [4.78, 5) is 12.6. The van der Waals surface area contributed by atoms with Crippen LogP contribution < -0.4 is 0 Å². The quantitative estimate of drug-likeness (QED) is 0.228. The Morgan fingerprint density at radius 1 is 1.08 bits per heavy atom. The van der Waals surface area contributed by atoms with Crippen molar-refractivity contribution in [2.45, 2.75) is 13.8 Å². The molecular weight excluding hydrogens is 435 g/mol. The second-order valence-corrected chi connectivity index (χ2v) is 7.25. The van der Waals surface area contributed by atoms with E-state index in [0.29, 0.717) is 5.56 Å². The molecule has 3 aromatic rings. The Morgan fingerprint density at radius 2 is 1.73 bits per heavy atom. The summed E-state index contributed by atoms with van der Waals surface area (Å²) < 4.78 is 3.30. The lowest BCUT2D eigenvalue weighted by Gasteiger charge is -2.09. The summed E-state index contributed by atoms with van der Waals surface area (Å²) in [6.07, 6.45) is 1.68. The molecule has 0 spiro atoms. The van der Waals surface area contributed by atoms with E-state index in [1.165, 1.54) is 3.57 Å². The number of nitrogens with zero attached hydrogens (tertiary/aromatic N) is 2. The minimum atomic E-state index is -0.257. The SMILES string of the molecule is Cc1cc(/C=C(\C#N)C(=O)c2ccccc2)c(C)n1-c1ccc(I)cc1. The van der Waals surface area contributed by atoms with Crippen LogP contribution in [0.2, 0.25) is 0 Å². The molecule has 128 valence electrons. The first-order valence-electron chi connectivity index (χ1n) is 8.17. The number of aromatic nitrogens is 1. The number of nitriles is 1. The maximum Gasteiger partial charge on any atom is 0.203 e. The first-order chi connectivity index (χ1) is 12.5. The van der Waals surface area contributed by atoms with Gasteiger partial charge < -0.3 is 4.57 Å². The molecule has 1 heterocycles. The average Bonchev–Trinajstić information content (AvgIpc) is 2.94.